The van der Waals surface area contributed by atoms with Gasteiger partial charge in [-0.15, -0.1) is 0 Å². The molecule has 3 rings (SSSR count). The van der Waals surface area contributed by atoms with Crippen LogP contribution in [0.3, 0.4) is 0 Å². The van der Waals surface area contributed by atoms with Crippen LogP contribution in [0.15, 0.2) is 36.4 Å². The van der Waals surface area contributed by atoms with Crippen molar-refractivity contribution in [3.63, 3.8) is 0 Å². The minimum atomic E-state index is -0.987. The third kappa shape index (κ3) is 5.04. The lowest BCUT2D eigenvalue weighted by molar-refractivity contribution is -0.146. The molecule has 1 amide bonds. The summed E-state index contributed by atoms with van der Waals surface area (Å²) < 4.78 is 31.6. The zero-order valence-electron chi connectivity index (χ0n) is 16.0. The summed E-state index contributed by atoms with van der Waals surface area (Å²) in [6.45, 7) is 1.40. The Kier molecular flexibility index (Phi) is 6.36. The quantitative estimate of drug-likeness (QED) is 0.570. The predicted octanol–water partition coefficient (Wildman–Crippen LogP) is 3.39. The molecule has 0 spiro atoms. The summed E-state index contributed by atoms with van der Waals surface area (Å²) in [4.78, 5) is 36.3. The number of esters is 1. The Balaban J connectivity index is 1.47. The second kappa shape index (κ2) is 8.94. The third-order valence-electron chi connectivity index (χ3n) is 4.85. The SMILES string of the molecule is CC(OC(=O)CCNC(=O)c1ccc(F)cc1F)C(=O)c1ccc2c(c1)CCC2. The predicted molar refractivity (Wildman–Crippen MR) is 102 cm³/mol. The molecule has 7 heteroatoms. The molecule has 0 heterocycles. The second-order valence-corrected chi connectivity index (χ2v) is 6.96. The Bertz CT molecular complexity index is 958. The lowest BCUT2D eigenvalue weighted by atomic mass is 10.0. The van der Waals surface area contributed by atoms with Gasteiger partial charge in [0, 0.05) is 18.2 Å². The van der Waals surface area contributed by atoms with Gasteiger partial charge in [-0.25, -0.2) is 8.78 Å². The lowest BCUT2D eigenvalue weighted by Gasteiger charge is -2.13. The van der Waals surface area contributed by atoms with Gasteiger partial charge in [0.15, 0.2) is 6.10 Å². The van der Waals surface area contributed by atoms with E-state index >= 15 is 0 Å². The number of fused-ring (bicyclic) bond motifs is 1. The number of aryl methyl sites for hydroxylation is 2. The van der Waals surface area contributed by atoms with Gasteiger partial charge in [0.1, 0.15) is 11.6 Å². The lowest BCUT2D eigenvalue weighted by Crippen LogP contribution is -2.29. The van der Waals surface area contributed by atoms with E-state index in [0.717, 1.165) is 37.0 Å². The minimum Gasteiger partial charge on any atom is -0.454 e. The topological polar surface area (TPSA) is 72.5 Å². The van der Waals surface area contributed by atoms with Crippen LogP contribution < -0.4 is 5.32 Å². The first-order chi connectivity index (χ1) is 13.8. The highest BCUT2D eigenvalue weighted by atomic mass is 19.1. The van der Waals surface area contributed by atoms with Crippen molar-refractivity contribution in [3.8, 4) is 0 Å². The van der Waals surface area contributed by atoms with E-state index in [1.807, 2.05) is 12.1 Å². The number of rotatable bonds is 7. The van der Waals surface area contributed by atoms with Crippen molar-refractivity contribution in [2.75, 3.05) is 6.54 Å². The zero-order valence-corrected chi connectivity index (χ0v) is 16.0. The highest BCUT2D eigenvalue weighted by Gasteiger charge is 2.21. The largest absolute Gasteiger partial charge is 0.454 e. The maximum atomic E-state index is 13.6. The monoisotopic (exact) mass is 401 g/mol. The number of ether oxygens (including phenoxy) is 1. The molecular formula is C22H21F2NO4. The first kappa shape index (κ1) is 20.6. The molecule has 1 atom stereocenters. The van der Waals surface area contributed by atoms with E-state index in [2.05, 4.69) is 5.32 Å². The van der Waals surface area contributed by atoms with E-state index in [9.17, 15) is 23.2 Å². The Hall–Kier alpha value is -3.09. The number of nitrogens with one attached hydrogen (secondary N) is 1. The van der Waals surface area contributed by atoms with Crippen molar-refractivity contribution >= 4 is 17.7 Å². The molecule has 0 aromatic heterocycles. The van der Waals surface area contributed by atoms with Gasteiger partial charge in [0.2, 0.25) is 5.78 Å². The van der Waals surface area contributed by atoms with Gasteiger partial charge in [0.05, 0.1) is 12.0 Å². The summed E-state index contributed by atoms with van der Waals surface area (Å²) in [6.07, 6.45) is 1.90. The summed E-state index contributed by atoms with van der Waals surface area (Å²) in [7, 11) is 0. The van der Waals surface area contributed by atoms with Gasteiger partial charge in [-0.2, -0.15) is 0 Å². The molecule has 0 saturated carbocycles. The van der Waals surface area contributed by atoms with Gasteiger partial charge in [-0.3, -0.25) is 14.4 Å². The molecule has 0 bridgehead atoms. The van der Waals surface area contributed by atoms with E-state index in [4.69, 9.17) is 4.74 Å². The summed E-state index contributed by atoms with van der Waals surface area (Å²) >= 11 is 0. The Morgan fingerprint density at radius 1 is 1.07 bits per heavy atom. The van der Waals surface area contributed by atoms with Gasteiger partial charge in [0.25, 0.3) is 5.91 Å². The van der Waals surface area contributed by atoms with Crippen LogP contribution in [0.5, 0.6) is 0 Å². The zero-order chi connectivity index (χ0) is 21.0. The van der Waals surface area contributed by atoms with E-state index in [0.29, 0.717) is 11.6 Å². The molecule has 152 valence electrons. The highest BCUT2D eigenvalue weighted by molar-refractivity contribution is 6.00. The van der Waals surface area contributed by atoms with E-state index in [1.54, 1.807) is 6.07 Å². The van der Waals surface area contributed by atoms with Crippen molar-refractivity contribution in [3.05, 3.63) is 70.3 Å². The van der Waals surface area contributed by atoms with Crippen LogP contribution in [0.25, 0.3) is 0 Å². The summed E-state index contributed by atoms with van der Waals surface area (Å²) in [6, 6.07) is 8.14. The highest BCUT2D eigenvalue weighted by Crippen LogP contribution is 2.23. The number of hydrogen-bond acceptors (Lipinski definition) is 4. The number of benzene rings is 2. The third-order valence-corrected chi connectivity index (χ3v) is 4.85. The first-order valence-corrected chi connectivity index (χ1v) is 9.44. The number of ketones is 1. The fourth-order valence-electron chi connectivity index (χ4n) is 3.32. The molecule has 0 fully saturated rings. The van der Waals surface area contributed by atoms with Gasteiger partial charge in [-0.1, -0.05) is 12.1 Å². The van der Waals surface area contributed by atoms with Crippen LogP contribution in [-0.4, -0.2) is 30.3 Å². The van der Waals surface area contributed by atoms with Crippen LogP contribution >= 0.6 is 0 Å². The Labute approximate surface area is 167 Å². The minimum absolute atomic E-state index is 0.103. The number of Topliss-reactive ketones (excluding diaryl/α,β-unsaturated/α-hetero) is 1. The van der Waals surface area contributed by atoms with Crippen LogP contribution in [0.1, 0.15) is 51.6 Å². The molecule has 29 heavy (non-hydrogen) atoms. The number of amides is 1. The number of halogens is 2. The number of carbonyl (C=O) groups is 3. The Morgan fingerprint density at radius 2 is 1.83 bits per heavy atom. The molecule has 2 aromatic rings. The van der Waals surface area contributed by atoms with E-state index in [-0.39, 0.29) is 24.3 Å². The van der Waals surface area contributed by atoms with Crippen LogP contribution in [0.2, 0.25) is 0 Å². The van der Waals surface area contributed by atoms with Gasteiger partial charge >= 0.3 is 5.97 Å². The van der Waals surface area contributed by atoms with E-state index in [1.165, 1.54) is 12.5 Å². The summed E-state index contributed by atoms with van der Waals surface area (Å²) in [5, 5.41) is 2.37. The average Bonchev–Trinajstić information content (AvgIpc) is 3.14. The fraction of sp³-hybridized carbons (Fsp3) is 0.318. The molecular weight excluding hydrogens is 380 g/mol. The van der Waals surface area contributed by atoms with Gasteiger partial charge in [-0.05, 0) is 55.5 Å². The van der Waals surface area contributed by atoms with E-state index < -0.39 is 29.6 Å². The Morgan fingerprint density at radius 3 is 2.59 bits per heavy atom. The molecule has 1 unspecified atom stereocenters. The number of carbonyl (C=O) groups excluding carboxylic acids is 3. The standard InChI is InChI=1S/C22H21F2NO4/c1-13(21(27)16-6-5-14-3-2-4-15(14)11-16)29-20(26)9-10-25-22(28)18-8-7-17(23)12-19(18)24/h5-8,11-13H,2-4,9-10H2,1H3,(H,25,28). The molecule has 2 aromatic carbocycles. The number of hydrogen-bond donors (Lipinski definition) is 1. The molecule has 1 aliphatic carbocycles. The van der Waals surface area contributed by atoms with Crippen LogP contribution in [-0.2, 0) is 22.4 Å². The van der Waals surface area contributed by atoms with Gasteiger partial charge < -0.3 is 10.1 Å². The van der Waals surface area contributed by atoms with Crippen molar-refractivity contribution < 1.29 is 27.9 Å². The smallest absolute Gasteiger partial charge is 0.308 e. The maximum absolute atomic E-state index is 13.6. The molecule has 0 aliphatic heterocycles. The summed E-state index contributed by atoms with van der Waals surface area (Å²) in [5.74, 6) is -3.49. The van der Waals surface area contributed by atoms with Crippen molar-refractivity contribution in [1.29, 1.82) is 0 Å². The first-order valence-electron chi connectivity index (χ1n) is 9.44. The fourth-order valence-corrected chi connectivity index (χ4v) is 3.32. The maximum Gasteiger partial charge on any atom is 0.308 e. The molecule has 0 saturated heterocycles. The summed E-state index contributed by atoms with van der Waals surface area (Å²) in [5.41, 5.74) is 2.59. The molecule has 1 N–H and O–H groups in total. The molecule has 5 nitrogen and oxygen atoms in total. The van der Waals surface area contributed by atoms with Crippen molar-refractivity contribution in [2.45, 2.75) is 38.7 Å². The van der Waals surface area contributed by atoms with Crippen molar-refractivity contribution in [2.24, 2.45) is 0 Å². The van der Waals surface area contributed by atoms with Crippen molar-refractivity contribution in [1.82, 2.24) is 5.32 Å². The van der Waals surface area contributed by atoms with Crippen LogP contribution in [0.4, 0.5) is 8.78 Å². The molecule has 1 aliphatic rings. The van der Waals surface area contributed by atoms with Crippen LogP contribution in [0, 0.1) is 11.6 Å². The second-order valence-electron chi connectivity index (χ2n) is 6.96. The average molecular weight is 401 g/mol. The normalized spacial score (nSPS) is 13.5. The molecule has 0 radical (unpaired) electrons.